The molecule has 0 atom stereocenters. The average molecular weight is 504 g/mol. The number of halogens is 1. The van der Waals surface area contributed by atoms with E-state index >= 15 is 0 Å². The van der Waals surface area contributed by atoms with Crippen molar-refractivity contribution in [1.29, 1.82) is 0 Å². The van der Waals surface area contributed by atoms with Gasteiger partial charge >= 0.3 is 0 Å². The maximum absolute atomic E-state index is 4.73. The minimum absolute atomic E-state index is 0. The standard InChI is InChI=1S/C22H28N6.HI/c1-18-26-27-21(28(18)2)17-25-22(24-16-20-12-7-4-8-13-20)23-15-9-14-19-10-5-3-6-11-19;/h3-8,10-13H,9,14-17H2,1-2H3,(H2,23,24,25);1H. The first-order valence-corrected chi connectivity index (χ1v) is 9.67. The summed E-state index contributed by atoms with van der Waals surface area (Å²) in [7, 11) is 1.97. The molecule has 0 amide bonds. The quantitative estimate of drug-likeness (QED) is 0.213. The molecule has 3 aromatic rings. The van der Waals surface area contributed by atoms with Crippen LogP contribution in [0.4, 0.5) is 0 Å². The van der Waals surface area contributed by atoms with E-state index in [-0.39, 0.29) is 24.0 Å². The fourth-order valence-corrected chi connectivity index (χ4v) is 2.84. The van der Waals surface area contributed by atoms with Gasteiger partial charge < -0.3 is 15.2 Å². The molecule has 0 fully saturated rings. The summed E-state index contributed by atoms with van der Waals surface area (Å²) in [6, 6.07) is 20.8. The van der Waals surface area contributed by atoms with Crippen LogP contribution in [0.25, 0.3) is 0 Å². The molecule has 1 aromatic heterocycles. The van der Waals surface area contributed by atoms with Gasteiger partial charge in [-0.3, -0.25) is 0 Å². The van der Waals surface area contributed by atoms with Crippen LogP contribution in [0.1, 0.15) is 29.2 Å². The second-order valence-electron chi connectivity index (χ2n) is 6.74. The highest BCUT2D eigenvalue weighted by Crippen LogP contribution is 2.03. The normalized spacial score (nSPS) is 11.0. The highest BCUT2D eigenvalue weighted by molar-refractivity contribution is 14.0. The molecule has 0 unspecified atom stereocenters. The smallest absolute Gasteiger partial charge is 0.191 e. The van der Waals surface area contributed by atoms with Gasteiger partial charge in [-0.1, -0.05) is 60.7 Å². The highest BCUT2D eigenvalue weighted by Gasteiger charge is 2.06. The second-order valence-corrected chi connectivity index (χ2v) is 6.74. The van der Waals surface area contributed by atoms with Crippen molar-refractivity contribution in [3.05, 3.63) is 83.4 Å². The first-order valence-electron chi connectivity index (χ1n) is 9.67. The molecule has 3 rings (SSSR count). The Balaban J connectivity index is 0.00000300. The van der Waals surface area contributed by atoms with E-state index in [1.54, 1.807) is 0 Å². The van der Waals surface area contributed by atoms with Gasteiger partial charge in [-0.15, -0.1) is 34.2 Å². The number of nitrogens with zero attached hydrogens (tertiary/aromatic N) is 4. The van der Waals surface area contributed by atoms with E-state index in [0.29, 0.717) is 13.1 Å². The van der Waals surface area contributed by atoms with Crippen molar-refractivity contribution in [3.63, 3.8) is 0 Å². The molecule has 2 N–H and O–H groups in total. The van der Waals surface area contributed by atoms with E-state index in [9.17, 15) is 0 Å². The van der Waals surface area contributed by atoms with Gasteiger partial charge in [0.1, 0.15) is 5.82 Å². The van der Waals surface area contributed by atoms with Crippen LogP contribution in [0.3, 0.4) is 0 Å². The molecule has 0 spiro atoms. The third-order valence-electron chi connectivity index (χ3n) is 4.64. The third-order valence-corrected chi connectivity index (χ3v) is 4.64. The topological polar surface area (TPSA) is 67.1 Å². The van der Waals surface area contributed by atoms with Gasteiger partial charge in [0, 0.05) is 13.6 Å². The van der Waals surface area contributed by atoms with Crippen molar-refractivity contribution >= 4 is 29.9 Å². The van der Waals surface area contributed by atoms with Crippen LogP contribution >= 0.6 is 24.0 Å². The predicted molar refractivity (Wildman–Crippen MR) is 128 cm³/mol. The van der Waals surface area contributed by atoms with Crippen molar-refractivity contribution in [2.45, 2.75) is 32.9 Å². The zero-order valence-electron chi connectivity index (χ0n) is 17.0. The van der Waals surface area contributed by atoms with Gasteiger partial charge in [-0.2, -0.15) is 0 Å². The number of hydrogen-bond donors (Lipinski definition) is 2. The fourth-order valence-electron chi connectivity index (χ4n) is 2.84. The Morgan fingerprint density at radius 3 is 2.21 bits per heavy atom. The van der Waals surface area contributed by atoms with Crippen LogP contribution in [0.15, 0.2) is 65.7 Å². The highest BCUT2D eigenvalue weighted by atomic mass is 127. The molecule has 0 aliphatic heterocycles. The molecule has 0 radical (unpaired) electrons. The van der Waals surface area contributed by atoms with Crippen molar-refractivity contribution in [3.8, 4) is 0 Å². The van der Waals surface area contributed by atoms with E-state index in [4.69, 9.17) is 4.99 Å². The maximum atomic E-state index is 4.73. The number of aryl methyl sites for hydroxylation is 2. The minimum Gasteiger partial charge on any atom is -0.356 e. The molecule has 0 aliphatic carbocycles. The van der Waals surface area contributed by atoms with Crippen LogP contribution < -0.4 is 10.6 Å². The Bertz CT molecular complexity index is 877. The Hall–Kier alpha value is -2.42. The van der Waals surface area contributed by atoms with E-state index < -0.39 is 0 Å². The lowest BCUT2D eigenvalue weighted by Crippen LogP contribution is -2.38. The number of benzene rings is 2. The van der Waals surface area contributed by atoms with Crippen LogP contribution in [0, 0.1) is 6.92 Å². The Labute approximate surface area is 189 Å². The lowest BCUT2D eigenvalue weighted by molar-refractivity contribution is 0.700. The van der Waals surface area contributed by atoms with Gasteiger partial charge in [-0.25, -0.2) is 4.99 Å². The summed E-state index contributed by atoms with van der Waals surface area (Å²) < 4.78 is 1.98. The van der Waals surface area contributed by atoms with Crippen molar-refractivity contribution in [2.75, 3.05) is 6.54 Å². The summed E-state index contributed by atoms with van der Waals surface area (Å²) in [6.07, 6.45) is 2.08. The Kier molecular flexibility index (Phi) is 9.63. The Morgan fingerprint density at radius 2 is 1.59 bits per heavy atom. The van der Waals surface area contributed by atoms with Crippen molar-refractivity contribution in [2.24, 2.45) is 12.0 Å². The molecule has 1 heterocycles. The Morgan fingerprint density at radius 1 is 0.931 bits per heavy atom. The maximum Gasteiger partial charge on any atom is 0.191 e. The summed E-state index contributed by atoms with van der Waals surface area (Å²) in [5.74, 6) is 2.57. The van der Waals surface area contributed by atoms with Crippen LogP contribution in [-0.2, 0) is 26.6 Å². The van der Waals surface area contributed by atoms with E-state index in [1.807, 2.05) is 42.8 Å². The van der Waals surface area contributed by atoms with Gasteiger partial charge in [0.25, 0.3) is 0 Å². The summed E-state index contributed by atoms with van der Waals surface area (Å²) in [5, 5.41) is 15.1. The minimum atomic E-state index is 0. The van der Waals surface area contributed by atoms with Crippen molar-refractivity contribution < 1.29 is 0 Å². The van der Waals surface area contributed by atoms with Crippen molar-refractivity contribution in [1.82, 2.24) is 25.4 Å². The SMILES string of the molecule is Cc1nnc(CNC(=NCc2ccccc2)NCCCc2ccccc2)n1C.I. The lowest BCUT2D eigenvalue weighted by Gasteiger charge is -2.13. The number of aliphatic imine (C=N–C) groups is 1. The van der Waals surface area contributed by atoms with Gasteiger partial charge in [0.2, 0.25) is 0 Å². The first-order chi connectivity index (χ1) is 13.7. The first kappa shape index (κ1) is 22.9. The number of aromatic nitrogens is 3. The third kappa shape index (κ3) is 7.49. The molecule has 0 aliphatic rings. The molecular weight excluding hydrogens is 475 g/mol. The van der Waals surface area contributed by atoms with Gasteiger partial charge in [-0.05, 0) is 30.9 Å². The van der Waals surface area contributed by atoms with E-state index in [2.05, 4.69) is 57.2 Å². The summed E-state index contributed by atoms with van der Waals surface area (Å²) >= 11 is 0. The lowest BCUT2D eigenvalue weighted by atomic mass is 10.1. The summed E-state index contributed by atoms with van der Waals surface area (Å²) in [4.78, 5) is 4.73. The molecule has 0 saturated heterocycles. The van der Waals surface area contributed by atoms with E-state index in [1.165, 1.54) is 11.1 Å². The van der Waals surface area contributed by atoms with E-state index in [0.717, 1.165) is 37.0 Å². The van der Waals surface area contributed by atoms with Crippen LogP contribution in [0.5, 0.6) is 0 Å². The number of hydrogen-bond acceptors (Lipinski definition) is 3. The molecule has 154 valence electrons. The van der Waals surface area contributed by atoms with Gasteiger partial charge in [0.05, 0.1) is 13.1 Å². The number of rotatable bonds is 8. The average Bonchev–Trinajstić information content (AvgIpc) is 3.06. The van der Waals surface area contributed by atoms with Gasteiger partial charge in [0.15, 0.2) is 11.8 Å². The molecule has 29 heavy (non-hydrogen) atoms. The molecule has 6 nitrogen and oxygen atoms in total. The predicted octanol–water partition coefficient (Wildman–Crippen LogP) is 3.61. The molecular formula is C22H29IN6. The fraction of sp³-hybridized carbons (Fsp3) is 0.318. The monoisotopic (exact) mass is 504 g/mol. The molecule has 0 bridgehead atoms. The number of guanidine groups is 1. The zero-order valence-corrected chi connectivity index (χ0v) is 19.3. The molecule has 2 aromatic carbocycles. The largest absolute Gasteiger partial charge is 0.356 e. The van der Waals surface area contributed by atoms with Crippen LogP contribution in [0.2, 0.25) is 0 Å². The molecule has 7 heteroatoms. The number of nitrogens with one attached hydrogen (secondary N) is 2. The summed E-state index contributed by atoms with van der Waals surface area (Å²) in [5.41, 5.74) is 2.54. The van der Waals surface area contributed by atoms with Crippen LogP contribution in [-0.4, -0.2) is 27.3 Å². The summed E-state index contributed by atoms with van der Waals surface area (Å²) in [6.45, 7) is 4.01. The molecule has 0 saturated carbocycles. The zero-order chi connectivity index (χ0) is 19.6. The second kappa shape index (κ2) is 12.2.